The van der Waals surface area contributed by atoms with Crippen LogP contribution in [0, 0.1) is 0 Å². The second-order valence-corrected chi connectivity index (χ2v) is 7.01. The summed E-state index contributed by atoms with van der Waals surface area (Å²) in [6.07, 6.45) is 0.553. The quantitative estimate of drug-likeness (QED) is 0.801. The molecule has 2 aromatic rings. The molecule has 2 heteroatoms. The van der Waals surface area contributed by atoms with Gasteiger partial charge in [0.25, 0.3) is 0 Å². The summed E-state index contributed by atoms with van der Waals surface area (Å²) >= 11 is 0. The van der Waals surface area contributed by atoms with Gasteiger partial charge in [-0.25, -0.2) is 0 Å². The number of fused-ring (bicyclic) bond motifs is 1. The van der Waals surface area contributed by atoms with E-state index in [1.54, 1.807) is 7.11 Å². The standard InChI is InChI=1S/C20H22O2/c1-20(2,3)14-7-5-13(6-8-14)17-12-19(21)16-10-9-15(22-4)11-18(16)17/h5-11,17H,12H2,1-4H3. The third kappa shape index (κ3) is 2.54. The number of Topliss-reactive ketones (excluding diaryl/α,β-unsaturated/α-hetero) is 1. The van der Waals surface area contributed by atoms with Gasteiger partial charge in [-0.05, 0) is 40.3 Å². The van der Waals surface area contributed by atoms with Crippen LogP contribution in [0.1, 0.15) is 60.2 Å². The molecule has 0 fully saturated rings. The van der Waals surface area contributed by atoms with Gasteiger partial charge in [0.15, 0.2) is 5.78 Å². The van der Waals surface area contributed by atoms with E-state index in [0.717, 1.165) is 16.9 Å². The third-order valence-corrected chi connectivity index (χ3v) is 4.50. The van der Waals surface area contributed by atoms with Crippen molar-refractivity contribution < 1.29 is 9.53 Å². The normalized spacial score (nSPS) is 17.5. The van der Waals surface area contributed by atoms with Crippen LogP contribution < -0.4 is 4.74 Å². The molecule has 0 spiro atoms. The monoisotopic (exact) mass is 294 g/mol. The Labute approximate surface area is 132 Å². The van der Waals surface area contributed by atoms with Crippen molar-refractivity contribution in [3.05, 3.63) is 64.7 Å². The van der Waals surface area contributed by atoms with E-state index in [1.165, 1.54) is 11.1 Å². The highest BCUT2D eigenvalue weighted by molar-refractivity contribution is 6.02. The molecule has 0 heterocycles. The number of carbonyl (C=O) groups is 1. The van der Waals surface area contributed by atoms with Crippen LogP contribution in [0.2, 0.25) is 0 Å². The lowest BCUT2D eigenvalue weighted by atomic mass is 9.84. The molecule has 1 aliphatic rings. The molecule has 0 saturated carbocycles. The van der Waals surface area contributed by atoms with Crippen LogP contribution in [-0.4, -0.2) is 12.9 Å². The summed E-state index contributed by atoms with van der Waals surface area (Å²) < 4.78 is 5.31. The van der Waals surface area contributed by atoms with E-state index in [-0.39, 0.29) is 17.1 Å². The van der Waals surface area contributed by atoms with Crippen LogP contribution in [0.3, 0.4) is 0 Å². The number of hydrogen-bond donors (Lipinski definition) is 0. The number of benzene rings is 2. The van der Waals surface area contributed by atoms with E-state index in [4.69, 9.17) is 4.74 Å². The summed E-state index contributed by atoms with van der Waals surface area (Å²) in [6, 6.07) is 14.4. The Hall–Kier alpha value is -2.09. The number of carbonyl (C=O) groups excluding carboxylic acids is 1. The highest BCUT2D eigenvalue weighted by Gasteiger charge is 2.31. The first-order valence-corrected chi connectivity index (χ1v) is 7.72. The number of rotatable bonds is 2. The summed E-state index contributed by atoms with van der Waals surface area (Å²) in [6.45, 7) is 6.63. The van der Waals surface area contributed by atoms with Gasteiger partial charge in [0.05, 0.1) is 7.11 Å². The van der Waals surface area contributed by atoms with E-state index in [0.29, 0.717) is 6.42 Å². The van der Waals surface area contributed by atoms with Gasteiger partial charge >= 0.3 is 0 Å². The zero-order valence-electron chi connectivity index (χ0n) is 13.6. The van der Waals surface area contributed by atoms with Crippen LogP contribution in [0.25, 0.3) is 0 Å². The lowest BCUT2D eigenvalue weighted by Crippen LogP contribution is -2.11. The van der Waals surface area contributed by atoms with Gasteiger partial charge in [0.2, 0.25) is 0 Å². The molecule has 22 heavy (non-hydrogen) atoms. The smallest absolute Gasteiger partial charge is 0.164 e. The van der Waals surface area contributed by atoms with E-state index in [1.807, 2.05) is 18.2 Å². The molecule has 114 valence electrons. The Kier molecular flexibility index (Phi) is 3.56. The Morgan fingerprint density at radius 3 is 2.32 bits per heavy atom. The first kappa shape index (κ1) is 14.8. The summed E-state index contributed by atoms with van der Waals surface area (Å²) in [5.74, 6) is 1.18. The summed E-state index contributed by atoms with van der Waals surface area (Å²) in [4.78, 5) is 12.2. The molecule has 0 N–H and O–H groups in total. The first-order valence-electron chi connectivity index (χ1n) is 7.72. The molecule has 3 rings (SSSR count). The molecule has 2 nitrogen and oxygen atoms in total. The predicted octanol–water partition coefficient (Wildman–Crippen LogP) is 4.71. The second kappa shape index (κ2) is 5.28. The topological polar surface area (TPSA) is 26.3 Å². The largest absolute Gasteiger partial charge is 0.497 e. The average molecular weight is 294 g/mol. The van der Waals surface area contributed by atoms with Crippen LogP contribution in [-0.2, 0) is 5.41 Å². The van der Waals surface area contributed by atoms with Crippen LogP contribution in [0.4, 0.5) is 0 Å². The van der Waals surface area contributed by atoms with Crippen molar-refractivity contribution in [3.63, 3.8) is 0 Å². The molecule has 0 amide bonds. The lowest BCUT2D eigenvalue weighted by Gasteiger charge is -2.20. The van der Waals surface area contributed by atoms with Crippen molar-refractivity contribution in [2.75, 3.05) is 7.11 Å². The zero-order chi connectivity index (χ0) is 15.9. The minimum atomic E-state index is 0.144. The highest BCUT2D eigenvalue weighted by Crippen LogP contribution is 2.40. The Bertz CT molecular complexity index is 705. The van der Waals surface area contributed by atoms with E-state index in [2.05, 4.69) is 45.0 Å². The molecule has 1 aliphatic carbocycles. The van der Waals surface area contributed by atoms with Gasteiger partial charge in [-0.2, -0.15) is 0 Å². The van der Waals surface area contributed by atoms with Crippen molar-refractivity contribution in [1.82, 2.24) is 0 Å². The van der Waals surface area contributed by atoms with Gasteiger partial charge < -0.3 is 4.74 Å². The maximum absolute atomic E-state index is 12.2. The fraction of sp³-hybridized carbons (Fsp3) is 0.350. The van der Waals surface area contributed by atoms with Gasteiger partial charge in [-0.15, -0.1) is 0 Å². The molecule has 0 aliphatic heterocycles. The molecular formula is C20H22O2. The number of ketones is 1. The van der Waals surface area contributed by atoms with Crippen LogP contribution in [0.15, 0.2) is 42.5 Å². The molecule has 0 saturated heterocycles. The average Bonchev–Trinajstić information content (AvgIpc) is 2.83. The molecule has 1 unspecified atom stereocenters. The van der Waals surface area contributed by atoms with Gasteiger partial charge in [0.1, 0.15) is 5.75 Å². The van der Waals surface area contributed by atoms with E-state index in [9.17, 15) is 4.79 Å². The number of ether oxygens (including phenoxy) is 1. The van der Waals surface area contributed by atoms with Gasteiger partial charge in [-0.3, -0.25) is 4.79 Å². The Morgan fingerprint density at radius 1 is 1.05 bits per heavy atom. The van der Waals surface area contributed by atoms with Gasteiger partial charge in [-0.1, -0.05) is 45.0 Å². The zero-order valence-corrected chi connectivity index (χ0v) is 13.6. The fourth-order valence-electron chi connectivity index (χ4n) is 3.13. The molecule has 0 bridgehead atoms. The van der Waals surface area contributed by atoms with Crippen molar-refractivity contribution in [3.8, 4) is 5.75 Å². The second-order valence-electron chi connectivity index (χ2n) is 7.01. The highest BCUT2D eigenvalue weighted by atomic mass is 16.5. The van der Waals surface area contributed by atoms with Gasteiger partial charge in [0, 0.05) is 17.9 Å². The Morgan fingerprint density at radius 2 is 1.73 bits per heavy atom. The third-order valence-electron chi connectivity index (χ3n) is 4.50. The maximum atomic E-state index is 12.2. The summed E-state index contributed by atoms with van der Waals surface area (Å²) in [7, 11) is 1.66. The minimum absolute atomic E-state index is 0.144. The number of hydrogen-bond acceptors (Lipinski definition) is 2. The molecule has 0 aromatic heterocycles. The van der Waals surface area contributed by atoms with E-state index < -0.39 is 0 Å². The van der Waals surface area contributed by atoms with Crippen LogP contribution >= 0.6 is 0 Å². The predicted molar refractivity (Wildman–Crippen MR) is 88.9 cm³/mol. The first-order chi connectivity index (χ1) is 10.4. The van der Waals surface area contributed by atoms with Crippen molar-refractivity contribution in [2.45, 2.75) is 38.5 Å². The van der Waals surface area contributed by atoms with Crippen molar-refractivity contribution in [1.29, 1.82) is 0 Å². The van der Waals surface area contributed by atoms with E-state index >= 15 is 0 Å². The minimum Gasteiger partial charge on any atom is -0.497 e. The summed E-state index contributed by atoms with van der Waals surface area (Å²) in [5, 5.41) is 0. The molecule has 1 atom stereocenters. The van der Waals surface area contributed by atoms with Crippen molar-refractivity contribution in [2.24, 2.45) is 0 Å². The molecular weight excluding hydrogens is 272 g/mol. The molecule has 2 aromatic carbocycles. The molecule has 0 radical (unpaired) electrons. The van der Waals surface area contributed by atoms with Crippen molar-refractivity contribution >= 4 is 5.78 Å². The maximum Gasteiger partial charge on any atom is 0.164 e. The van der Waals surface area contributed by atoms with Crippen LogP contribution in [0.5, 0.6) is 5.75 Å². The Balaban J connectivity index is 1.99. The summed E-state index contributed by atoms with van der Waals surface area (Å²) in [5.41, 5.74) is 4.59. The fourth-order valence-corrected chi connectivity index (χ4v) is 3.13. The number of methoxy groups -OCH3 is 1. The lowest BCUT2D eigenvalue weighted by molar-refractivity contribution is 0.0991. The SMILES string of the molecule is COc1ccc2c(c1)C(c1ccc(C(C)(C)C)cc1)CC2=O.